The van der Waals surface area contributed by atoms with Gasteiger partial charge >= 0.3 is 5.97 Å². The van der Waals surface area contributed by atoms with Crippen molar-refractivity contribution in [3.8, 4) is 6.07 Å². The molecule has 0 amide bonds. The molecule has 158 valence electrons. The molecule has 6 nitrogen and oxygen atoms in total. The van der Waals surface area contributed by atoms with Crippen LogP contribution in [-0.2, 0) is 4.79 Å². The molecule has 2 aromatic carbocycles. The van der Waals surface area contributed by atoms with Crippen molar-refractivity contribution in [2.45, 2.75) is 56.8 Å². The normalized spacial score (nSPS) is 21.6. The van der Waals surface area contributed by atoms with E-state index in [0.717, 1.165) is 17.7 Å². The van der Waals surface area contributed by atoms with Gasteiger partial charge in [0.2, 0.25) is 0 Å². The van der Waals surface area contributed by atoms with Gasteiger partial charge in [-0.05, 0) is 57.0 Å². The zero-order chi connectivity index (χ0) is 21.9. The Morgan fingerprint density at radius 1 is 1.20 bits per heavy atom. The summed E-state index contributed by atoms with van der Waals surface area (Å²) in [5.74, 6) is -1.56. The lowest BCUT2D eigenvalue weighted by Gasteiger charge is -2.42. The number of carbonyl (C=O) groups is 1. The quantitative estimate of drug-likeness (QED) is 0.651. The van der Waals surface area contributed by atoms with Gasteiger partial charge in [0, 0.05) is 24.3 Å². The average Bonchev–Trinajstić information content (AvgIpc) is 3.13. The topological polar surface area (TPSA) is 96.6 Å². The molecule has 1 saturated heterocycles. The number of hydrogen-bond acceptors (Lipinski definition) is 5. The van der Waals surface area contributed by atoms with Gasteiger partial charge in [0.25, 0.3) is 0 Å². The summed E-state index contributed by atoms with van der Waals surface area (Å²) in [6.07, 6.45) is 0.778. The number of aliphatic hydroxyl groups is 1. The molecule has 30 heavy (non-hydrogen) atoms. The number of benzene rings is 2. The van der Waals surface area contributed by atoms with E-state index >= 15 is 0 Å². The number of anilines is 1. The summed E-state index contributed by atoms with van der Waals surface area (Å²) >= 11 is 0. The Morgan fingerprint density at radius 2 is 1.83 bits per heavy atom. The molecule has 4 atom stereocenters. The van der Waals surface area contributed by atoms with Crippen molar-refractivity contribution >= 4 is 11.7 Å². The number of nitrogens with zero attached hydrogens (tertiary/aromatic N) is 2. The number of nitrogens with one attached hydrogen (secondary N) is 1. The van der Waals surface area contributed by atoms with Crippen LogP contribution in [0.4, 0.5) is 5.69 Å². The maximum absolute atomic E-state index is 12.2. The lowest BCUT2D eigenvalue weighted by atomic mass is 9.87. The Labute approximate surface area is 177 Å². The third-order valence-electron chi connectivity index (χ3n) is 5.96. The first-order chi connectivity index (χ1) is 14.2. The maximum atomic E-state index is 12.2. The van der Waals surface area contributed by atoms with Gasteiger partial charge < -0.3 is 15.5 Å². The highest BCUT2D eigenvalue weighted by atomic mass is 16.4. The first-order valence-electron chi connectivity index (χ1n) is 10.2. The van der Waals surface area contributed by atoms with E-state index in [1.165, 1.54) is 0 Å². The van der Waals surface area contributed by atoms with E-state index in [0.29, 0.717) is 12.1 Å². The van der Waals surface area contributed by atoms with Crippen LogP contribution in [0.25, 0.3) is 0 Å². The second-order valence-electron chi connectivity index (χ2n) is 8.53. The maximum Gasteiger partial charge on any atom is 0.312 e. The van der Waals surface area contributed by atoms with E-state index in [9.17, 15) is 15.0 Å². The van der Waals surface area contributed by atoms with Crippen LogP contribution < -0.4 is 5.32 Å². The van der Waals surface area contributed by atoms with E-state index in [-0.39, 0.29) is 18.1 Å². The van der Waals surface area contributed by atoms with Crippen LogP contribution in [0.5, 0.6) is 0 Å². The summed E-state index contributed by atoms with van der Waals surface area (Å²) in [5.41, 5.74) is 1.19. The number of carboxylic acid groups (broad SMARTS) is 1. The zero-order valence-electron chi connectivity index (χ0n) is 17.6. The van der Waals surface area contributed by atoms with E-state index in [2.05, 4.69) is 16.3 Å². The summed E-state index contributed by atoms with van der Waals surface area (Å²) in [6, 6.07) is 18.0. The summed E-state index contributed by atoms with van der Waals surface area (Å²) in [7, 11) is 0. The molecule has 1 fully saturated rings. The number of likely N-dealkylation sites (tertiary alicyclic amines) is 1. The summed E-state index contributed by atoms with van der Waals surface area (Å²) in [6.45, 7) is 6.15. The van der Waals surface area contributed by atoms with Gasteiger partial charge in [-0.1, -0.05) is 30.3 Å². The third-order valence-corrected chi connectivity index (χ3v) is 5.96. The standard InChI is InChI=1S/C24H29N3O3/c1-16(21(23(28)29)18-7-5-4-6-8-18)27-14-13-20(22(27)24(2,3)30)26-19-11-9-17(15-25)10-12-19/h4-12,16,20-22,26,30H,13-14H2,1-3H3,(H,28,29). The zero-order valence-corrected chi connectivity index (χ0v) is 17.6. The predicted octanol–water partition coefficient (Wildman–Crippen LogP) is 3.44. The summed E-state index contributed by atoms with van der Waals surface area (Å²) in [4.78, 5) is 14.3. The molecule has 2 aromatic rings. The van der Waals surface area contributed by atoms with Gasteiger partial charge in [-0.3, -0.25) is 9.69 Å². The highest BCUT2D eigenvalue weighted by Gasteiger charge is 2.47. The van der Waals surface area contributed by atoms with E-state index < -0.39 is 17.5 Å². The minimum atomic E-state index is -1.03. The Kier molecular flexibility index (Phi) is 6.45. The lowest BCUT2D eigenvalue weighted by molar-refractivity contribution is -0.141. The van der Waals surface area contributed by atoms with Gasteiger partial charge in [0.15, 0.2) is 0 Å². The lowest BCUT2D eigenvalue weighted by Crippen LogP contribution is -2.56. The monoisotopic (exact) mass is 407 g/mol. The van der Waals surface area contributed by atoms with Crippen molar-refractivity contribution in [1.29, 1.82) is 5.26 Å². The van der Waals surface area contributed by atoms with Crippen LogP contribution in [0.2, 0.25) is 0 Å². The molecule has 6 heteroatoms. The van der Waals surface area contributed by atoms with Crippen molar-refractivity contribution in [1.82, 2.24) is 4.90 Å². The van der Waals surface area contributed by atoms with Crippen molar-refractivity contribution in [2.24, 2.45) is 0 Å². The van der Waals surface area contributed by atoms with Gasteiger partial charge in [-0.2, -0.15) is 5.26 Å². The Bertz CT molecular complexity index is 900. The Balaban J connectivity index is 1.86. The van der Waals surface area contributed by atoms with Crippen LogP contribution in [-0.4, -0.2) is 51.4 Å². The SMILES string of the molecule is CC(C(C(=O)O)c1ccccc1)N1CCC(Nc2ccc(C#N)cc2)C1C(C)(C)O. The molecule has 4 unspecified atom stereocenters. The number of carboxylic acids is 1. The van der Waals surface area contributed by atoms with E-state index in [4.69, 9.17) is 5.26 Å². The molecule has 1 aliphatic rings. The van der Waals surface area contributed by atoms with Crippen LogP contribution >= 0.6 is 0 Å². The van der Waals surface area contributed by atoms with Crippen molar-refractivity contribution in [2.75, 3.05) is 11.9 Å². The molecule has 0 saturated carbocycles. The number of aliphatic carboxylic acids is 1. The van der Waals surface area contributed by atoms with E-state index in [1.54, 1.807) is 26.0 Å². The van der Waals surface area contributed by atoms with Gasteiger partial charge in [0.1, 0.15) is 0 Å². The van der Waals surface area contributed by atoms with Crippen LogP contribution in [0.1, 0.15) is 44.2 Å². The molecule has 0 radical (unpaired) electrons. The minimum absolute atomic E-state index is 0.0504. The van der Waals surface area contributed by atoms with E-state index in [1.807, 2.05) is 49.4 Å². The van der Waals surface area contributed by atoms with Crippen molar-refractivity contribution in [3.05, 3.63) is 65.7 Å². The summed E-state index contributed by atoms with van der Waals surface area (Å²) < 4.78 is 0. The summed E-state index contributed by atoms with van der Waals surface area (Å²) in [5, 5.41) is 33.4. The van der Waals surface area contributed by atoms with Crippen molar-refractivity contribution < 1.29 is 15.0 Å². The molecule has 1 aliphatic heterocycles. The average molecular weight is 408 g/mol. The number of rotatable bonds is 7. The molecule has 0 aromatic heterocycles. The second kappa shape index (κ2) is 8.86. The molecule has 3 N–H and O–H groups in total. The predicted molar refractivity (Wildman–Crippen MR) is 116 cm³/mol. The van der Waals surface area contributed by atoms with Gasteiger partial charge in [-0.25, -0.2) is 0 Å². The number of nitriles is 1. The second-order valence-corrected chi connectivity index (χ2v) is 8.53. The molecule has 0 spiro atoms. The molecular weight excluding hydrogens is 378 g/mol. The Morgan fingerprint density at radius 3 is 2.37 bits per heavy atom. The van der Waals surface area contributed by atoms with Crippen molar-refractivity contribution in [3.63, 3.8) is 0 Å². The van der Waals surface area contributed by atoms with Crippen LogP contribution in [0, 0.1) is 11.3 Å². The fraction of sp³-hybridized carbons (Fsp3) is 0.417. The molecule has 0 aliphatic carbocycles. The minimum Gasteiger partial charge on any atom is -0.481 e. The van der Waals surface area contributed by atoms with Gasteiger partial charge in [0.05, 0.1) is 29.2 Å². The fourth-order valence-electron chi connectivity index (χ4n) is 4.66. The van der Waals surface area contributed by atoms with Crippen LogP contribution in [0.3, 0.4) is 0 Å². The third kappa shape index (κ3) is 4.64. The molecular formula is C24H29N3O3. The van der Waals surface area contributed by atoms with Gasteiger partial charge in [-0.15, -0.1) is 0 Å². The fourth-order valence-corrected chi connectivity index (χ4v) is 4.66. The highest BCUT2D eigenvalue weighted by Crippen LogP contribution is 2.35. The molecule has 1 heterocycles. The van der Waals surface area contributed by atoms with Crippen LogP contribution in [0.15, 0.2) is 54.6 Å². The smallest absolute Gasteiger partial charge is 0.312 e. The highest BCUT2D eigenvalue weighted by molar-refractivity contribution is 5.77. The first-order valence-corrected chi connectivity index (χ1v) is 10.2. The molecule has 0 bridgehead atoms. The first kappa shape index (κ1) is 21.8. The largest absolute Gasteiger partial charge is 0.481 e. The Hall–Kier alpha value is -2.88. The molecule has 3 rings (SSSR count). The number of hydrogen-bond donors (Lipinski definition) is 3.